The monoisotopic (exact) mass is 741 g/mol. The molecule has 0 radical (unpaired) electrons. The number of hydrogen-bond acceptors (Lipinski definition) is 8. The number of carboxylic acids is 1. The molecule has 2 bridgehead atoms. The van der Waals surface area contributed by atoms with Crippen molar-refractivity contribution in [2.45, 2.75) is 37.8 Å². The van der Waals surface area contributed by atoms with Crippen LogP contribution in [0.25, 0.3) is 0 Å². The van der Waals surface area contributed by atoms with Crippen molar-refractivity contribution in [3.63, 3.8) is 0 Å². The van der Waals surface area contributed by atoms with Crippen molar-refractivity contribution in [3.05, 3.63) is 116 Å². The van der Waals surface area contributed by atoms with Crippen molar-refractivity contribution in [2.75, 3.05) is 38.8 Å². The van der Waals surface area contributed by atoms with Gasteiger partial charge in [0.2, 0.25) is 12.4 Å². The molecule has 4 aromatic rings. The Morgan fingerprint density at radius 3 is 2.27 bits per heavy atom. The highest BCUT2D eigenvalue weighted by Gasteiger charge is 2.38. The molecule has 1 N–H and O–H groups in total. The Balaban J connectivity index is 1.53. The lowest BCUT2D eigenvalue weighted by molar-refractivity contribution is -0.904. The molecule has 3 aromatic carbocycles. The molecule has 2 atom stereocenters. The topological polar surface area (TPSA) is 115 Å². The fourth-order valence-corrected chi connectivity index (χ4v) is 7.69. The third-order valence-electron chi connectivity index (χ3n) is 9.68. The molecule has 268 valence electrons. The molecule has 3 fully saturated rings. The van der Waals surface area contributed by atoms with Crippen LogP contribution in [0.5, 0.6) is 11.5 Å². The summed E-state index contributed by atoms with van der Waals surface area (Å²) in [5.74, 6) is -3.49. The highest BCUT2D eigenvalue weighted by molar-refractivity contribution is 6.35. The number of fused-ring (bicyclic) bond motifs is 3. The maximum Gasteiger partial charge on any atom is 0.415 e. The van der Waals surface area contributed by atoms with Gasteiger partial charge in [-0.3, -0.25) is 15.0 Å². The molecule has 0 aliphatic carbocycles. The molecule has 10 nitrogen and oxygen atoms in total. The SMILES string of the molecule is COc1ccc([C@H](Cc2c(Cl)c[n+](O)cc2Cl)c2c(C(=O)[O-])ccc(F)c2CN(C(=O)O[C@H]2CN3CCC2CC3)c2ccccc2F)cc1OC. The Bertz CT molecular complexity index is 1930. The molecule has 3 saturated heterocycles. The lowest BCUT2D eigenvalue weighted by Gasteiger charge is -2.44. The number of anilines is 1. The van der Waals surface area contributed by atoms with Gasteiger partial charge in [0.25, 0.3) is 0 Å². The molecule has 51 heavy (non-hydrogen) atoms. The number of carbonyl (C=O) groups is 2. The fourth-order valence-electron chi connectivity index (χ4n) is 7.08. The van der Waals surface area contributed by atoms with E-state index in [0.717, 1.165) is 49.0 Å². The zero-order valence-electron chi connectivity index (χ0n) is 27.8. The minimum absolute atomic E-state index is 0.0394. The largest absolute Gasteiger partial charge is 0.545 e. The van der Waals surface area contributed by atoms with Crippen molar-refractivity contribution < 1.29 is 47.6 Å². The van der Waals surface area contributed by atoms with Crippen LogP contribution in [0.4, 0.5) is 19.3 Å². The van der Waals surface area contributed by atoms with Crippen LogP contribution in [0.2, 0.25) is 10.0 Å². The smallest absolute Gasteiger partial charge is 0.415 e. The van der Waals surface area contributed by atoms with Gasteiger partial charge in [-0.25, -0.2) is 13.6 Å². The second-order valence-electron chi connectivity index (χ2n) is 12.6. The van der Waals surface area contributed by atoms with Crippen LogP contribution in [0.3, 0.4) is 0 Å². The number of pyridine rings is 1. The summed E-state index contributed by atoms with van der Waals surface area (Å²) < 4.78 is 49.5. The van der Waals surface area contributed by atoms with Gasteiger partial charge in [-0.2, -0.15) is 0 Å². The number of hydrogen-bond donors (Lipinski definition) is 1. The van der Waals surface area contributed by atoms with Gasteiger partial charge in [0, 0.05) is 33.9 Å². The molecule has 0 spiro atoms. The predicted molar refractivity (Wildman–Crippen MR) is 182 cm³/mol. The third-order valence-corrected chi connectivity index (χ3v) is 10.3. The van der Waals surface area contributed by atoms with Crippen molar-refractivity contribution in [1.82, 2.24) is 4.90 Å². The average molecular weight is 743 g/mol. The number of para-hydroxylation sites is 1. The summed E-state index contributed by atoms with van der Waals surface area (Å²) in [6.45, 7) is 1.70. The van der Waals surface area contributed by atoms with Crippen LogP contribution < -0.4 is 24.2 Å². The van der Waals surface area contributed by atoms with E-state index in [-0.39, 0.29) is 44.8 Å². The Morgan fingerprint density at radius 2 is 1.67 bits per heavy atom. The van der Waals surface area contributed by atoms with E-state index in [2.05, 4.69) is 4.90 Å². The maximum atomic E-state index is 16.4. The molecule has 1 aromatic heterocycles. The zero-order chi connectivity index (χ0) is 36.4. The Hall–Kier alpha value is -4.65. The van der Waals surface area contributed by atoms with Crippen LogP contribution in [0, 0.1) is 17.6 Å². The number of rotatable bonds is 11. The lowest BCUT2D eigenvalue weighted by Crippen LogP contribution is -2.53. The van der Waals surface area contributed by atoms with E-state index in [1.165, 1.54) is 44.8 Å². The summed E-state index contributed by atoms with van der Waals surface area (Å²) in [5.41, 5.74) is -0.140. The van der Waals surface area contributed by atoms with E-state index in [4.69, 9.17) is 37.4 Å². The number of piperidine rings is 3. The molecule has 14 heteroatoms. The van der Waals surface area contributed by atoms with Gasteiger partial charge < -0.3 is 24.1 Å². The van der Waals surface area contributed by atoms with Gasteiger partial charge in [-0.05, 0) is 85.8 Å². The molecule has 3 aliphatic heterocycles. The standard InChI is InChI=1S/C37H35Cl2F2N3O7/c1-49-32-10-7-22(15-33(32)50-2)24(16-25-27(38)18-43(48)19-28(25)39)35-23(36(45)46)8-9-29(40)26(35)17-44(31-6-4-3-5-30(31)41)37(47)51-34-20-42-13-11-21(34)12-14-42/h3-10,15,18-19,21,24,34H,11-14,16-17,20H2,1-2H3,(H-,45,46,48)/t24-,34-/m0/s1. The van der Waals surface area contributed by atoms with Crippen molar-refractivity contribution in [2.24, 2.45) is 5.92 Å². The van der Waals surface area contributed by atoms with Crippen LogP contribution in [0.1, 0.15) is 51.4 Å². The van der Waals surface area contributed by atoms with Crippen LogP contribution in [-0.2, 0) is 17.7 Å². The van der Waals surface area contributed by atoms with Gasteiger partial charge in [0.05, 0.1) is 32.4 Å². The quantitative estimate of drug-likeness (QED) is 0.152. The summed E-state index contributed by atoms with van der Waals surface area (Å²) in [4.78, 5) is 30.1. The summed E-state index contributed by atoms with van der Waals surface area (Å²) in [6, 6.07) is 12.4. The zero-order valence-corrected chi connectivity index (χ0v) is 29.3. The van der Waals surface area contributed by atoms with Gasteiger partial charge in [-0.15, -0.1) is 0 Å². The minimum Gasteiger partial charge on any atom is -0.545 e. The first kappa shape index (κ1) is 36.2. The number of halogens is 4. The van der Waals surface area contributed by atoms with Crippen molar-refractivity contribution in [3.8, 4) is 11.5 Å². The van der Waals surface area contributed by atoms with E-state index in [1.54, 1.807) is 18.2 Å². The van der Waals surface area contributed by atoms with Gasteiger partial charge >= 0.3 is 6.09 Å². The molecular formula is C37H35Cl2F2N3O7. The number of amides is 1. The third kappa shape index (κ3) is 7.53. The van der Waals surface area contributed by atoms with Crippen molar-refractivity contribution >= 4 is 41.0 Å². The number of carboxylic acid groups (broad SMARTS) is 1. The molecule has 3 aliphatic rings. The number of methoxy groups -OCH3 is 2. The van der Waals surface area contributed by atoms with Gasteiger partial charge in [0.1, 0.15) is 27.8 Å². The molecule has 0 unspecified atom stereocenters. The average Bonchev–Trinajstić information content (AvgIpc) is 3.11. The summed E-state index contributed by atoms with van der Waals surface area (Å²) in [6.07, 6.45) is 2.61. The predicted octanol–water partition coefficient (Wildman–Crippen LogP) is 5.79. The van der Waals surface area contributed by atoms with Crippen molar-refractivity contribution in [1.29, 1.82) is 0 Å². The Morgan fingerprint density at radius 1 is 0.980 bits per heavy atom. The summed E-state index contributed by atoms with van der Waals surface area (Å²) >= 11 is 13.1. The molecule has 4 heterocycles. The fraction of sp³-hybridized carbons (Fsp3) is 0.324. The minimum atomic E-state index is -1.62. The first-order chi connectivity index (χ1) is 24.5. The first-order valence-corrected chi connectivity index (χ1v) is 17.0. The summed E-state index contributed by atoms with van der Waals surface area (Å²) in [5, 5.41) is 22.9. The number of carbonyl (C=O) groups excluding carboxylic acids is 2. The Kier molecular flexibility index (Phi) is 10.8. The van der Waals surface area contributed by atoms with Crippen LogP contribution in [0.15, 0.2) is 67.0 Å². The number of nitrogens with zero attached hydrogens (tertiary/aromatic N) is 3. The number of aromatic nitrogens is 1. The second kappa shape index (κ2) is 15.3. The molecule has 7 rings (SSSR count). The highest BCUT2D eigenvalue weighted by atomic mass is 35.5. The van der Waals surface area contributed by atoms with E-state index in [9.17, 15) is 19.9 Å². The van der Waals surface area contributed by atoms with Gasteiger partial charge in [-0.1, -0.05) is 41.4 Å². The number of aromatic carboxylic acids is 1. The van der Waals surface area contributed by atoms with E-state index in [1.807, 2.05) is 0 Å². The molecular weight excluding hydrogens is 707 g/mol. The van der Waals surface area contributed by atoms with E-state index < -0.39 is 42.3 Å². The van der Waals surface area contributed by atoms with Crippen LogP contribution in [-0.4, -0.2) is 62.1 Å². The maximum absolute atomic E-state index is 16.4. The van der Waals surface area contributed by atoms with E-state index >= 15 is 8.78 Å². The molecule has 0 saturated carbocycles. The normalized spacial score (nSPS) is 18.6. The Labute approximate surface area is 303 Å². The number of ether oxygens (including phenoxy) is 3. The lowest BCUT2D eigenvalue weighted by atomic mass is 9.80. The molecule has 1 amide bonds. The van der Waals surface area contributed by atoms with Crippen LogP contribution >= 0.6 is 23.2 Å². The number of benzene rings is 3. The first-order valence-electron chi connectivity index (χ1n) is 16.3. The highest BCUT2D eigenvalue weighted by Crippen LogP contribution is 2.41. The van der Waals surface area contributed by atoms with E-state index in [0.29, 0.717) is 33.9 Å². The second-order valence-corrected chi connectivity index (χ2v) is 13.4. The van der Waals surface area contributed by atoms with Gasteiger partial charge in [0.15, 0.2) is 11.5 Å². The summed E-state index contributed by atoms with van der Waals surface area (Å²) in [7, 11) is 2.88.